The van der Waals surface area contributed by atoms with Gasteiger partial charge in [0, 0.05) is 17.7 Å². The van der Waals surface area contributed by atoms with Crippen LogP contribution < -0.4 is 15.0 Å². The highest BCUT2D eigenvalue weighted by Crippen LogP contribution is 2.45. The van der Waals surface area contributed by atoms with E-state index in [-0.39, 0.29) is 6.04 Å². The molecule has 1 fully saturated rings. The molecule has 1 saturated heterocycles. The first kappa shape index (κ1) is 15.5. The second kappa shape index (κ2) is 5.49. The summed E-state index contributed by atoms with van der Waals surface area (Å²) in [6.07, 6.45) is 1.89. The Kier molecular flexibility index (Phi) is 3.53. The third-order valence-electron chi connectivity index (χ3n) is 5.03. The molecule has 3 nitrogen and oxygen atoms in total. The summed E-state index contributed by atoms with van der Waals surface area (Å²) in [5.74, 6) is 0.949. The third kappa shape index (κ3) is 2.37. The van der Waals surface area contributed by atoms with Crippen LogP contribution >= 0.6 is 12.2 Å². The van der Waals surface area contributed by atoms with Gasteiger partial charge in [0.1, 0.15) is 5.75 Å². The molecule has 2 aliphatic heterocycles. The van der Waals surface area contributed by atoms with E-state index in [1.807, 2.05) is 0 Å². The summed E-state index contributed by atoms with van der Waals surface area (Å²) < 4.78 is 6.44. The summed E-state index contributed by atoms with van der Waals surface area (Å²) in [7, 11) is 0. The van der Waals surface area contributed by atoms with Crippen molar-refractivity contribution in [1.82, 2.24) is 5.32 Å². The van der Waals surface area contributed by atoms with Crippen LogP contribution in [-0.4, -0.2) is 10.8 Å². The maximum atomic E-state index is 6.44. The highest BCUT2D eigenvalue weighted by molar-refractivity contribution is 7.80. The molecule has 124 valence electrons. The summed E-state index contributed by atoms with van der Waals surface area (Å²) in [4.78, 5) is 2.11. The van der Waals surface area contributed by atoms with E-state index in [4.69, 9.17) is 17.0 Å². The Morgan fingerprint density at radius 1 is 1.25 bits per heavy atom. The third-order valence-corrected chi connectivity index (χ3v) is 5.33. The van der Waals surface area contributed by atoms with Crippen molar-refractivity contribution in [2.75, 3.05) is 4.90 Å². The van der Waals surface area contributed by atoms with Gasteiger partial charge in [-0.3, -0.25) is 4.90 Å². The van der Waals surface area contributed by atoms with Crippen molar-refractivity contribution >= 4 is 23.0 Å². The maximum absolute atomic E-state index is 6.44. The van der Waals surface area contributed by atoms with Crippen LogP contribution in [0.4, 0.5) is 5.69 Å². The van der Waals surface area contributed by atoms with E-state index in [1.54, 1.807) is 0 Å². The quantitative estimate of drug-likeness (QED) is 0.815. The molecule has 0 amide bonds. The summed E-state index contributed by atoms with van der Waals surface area (Å²) >= 11 is 5.69. The molecule has 0 saturated carbocycles. The van der Waals surface area contributed by atoms with Crippen LogP contribution in [0.1, 0.15) is 43.0 Å². The molecular formula is C20H22N2OS. The highest BCUT2D eigenvalue weighted by Gasteiger charge is 2.48. The summed E-state index contributed by atoms with van der Waals surface area (Å²) in [6.45, 7) is 6.40. The highest BCUT2D eigenvalue weighted by atomic mass is 32.1. The molecule has 24 heavy (non-hydrogen) atoms. The van der Waals surface area contributed by atoms with Gasteiger partial charge in [-0.15, -0.1) is 0 Å². The number of fused-ring (bicyclic) bond motifs is 4. The molecule has 4 heteroatoms. The predicted molar refractivity (Wildman–Crippen MR) is 102 cm³/mol. The first-order chi connectivity index (χ1) is 11.5. The fraction of sp³-hybridized carbons (Fsp3) is 0.350. The van der Waals surface area contributed by atoms with E-state index >= 15 is 0 Å². The maximum Gasteiger partial charge on any atom is 0.188 e. The molecule has 1 N–H and O–H groups in total. The molecule has 0 aromatic heterocycles. The molecule has 0 radical (unpaired) electrons. The number of aryl methyl sites for hydroxylation is 2. The Labute approximate surface area is 148 Å². The van der Waals surface area contributed by atoms with E-state index in [1.165, 1.54) is 16.7 Å². The van der Waals surface area contributed by atoms with Gasteiger partial charge in [0.2, 0.25) is 0 Å². The van der Waals surface area contributed by atoms with Crippen molar-refractivity contribution in [3.8, 4) is 5.75 Å². The van der Waals surface area contributed by atoms with Crippen LogP contribution in [0.25, 0.3) is 0 Å². The monoisotopic (exact) mass is 338 g/mol. The van der Waals surface area contributed by atoms with Crippen LogP contribution in [0, 0.1) is 6.92 Å². The normalized spacial score (nSPS) is 24.9. The summed E-state index contributed by atoms with van der Waals surface area (Å²) in [6, 6.07) is 15.2. The van der Waals surface area contributed by atoms with Crippen molar-refractivity contribution in [1.29, 1.82) is 0 Å². The Balaban J connectivity index is 1.76. The minimum Gasteiger partial charge on any atom is -0.467 e. The zero-order chi connectivity index (χ0) is 16.9. The molecule has 2 heterocycles. The number of thiocarbonyl (C=S) groups is 1. The molecule has 0 aliphatic carbocycles. The first-order valence-electron chi connectivity index (χ1n) is 8.49. The van der Waals surface area contributed by atoms with Crippen LogP contribution in [0.15, 0.2) is 42.5 Å². The predicted octanol–water partition coefficient (Wildman–Crippen LogP) is 4.49. The van der Waals surface area contributed by atoms with Crippen molar-refractivity contribution in [3.63, 3.8) is 0 Å². The Morgan fingerprint density at radius 2 is 2.00 bits per heavy atom. The van der Waals surface area contributed by atoms with Gasteiger partial charge in [0.25, 0.3) is 0 Å². The van der Waals surface area contributed by atoms with Gasteiger partial charge >= 0.3 is 0 Å². The Bertz CT molecular complexity index is 802. The van der Waals surface area contributed by atoms with E-state index in [2.05, 4.69) is 73.5 Å². The molecule has 0 spiro atoms. The van der Waals surface area contributed by atoms with E-state index < -0.39 is 5.72 Å². The van der Waals surface area contributed by atoms with Crippen LogP contribution in [0.2, 0.25) is 0 Å². The molecule has 0 unspecified atom stereocenters. The Hall–Kier alpha value is -2.07. The van der Waals surface area contributed by atoms with Crippen LogP contribution in [0.5, 0.6) is 5.75 Å². The fourth-order valence-electron chi connectivity index (χ4n) is 3.77. The number of nitrogens with one attached hydrogen (secondary N) is 1. The van der Waals surface area contributed by atoms with Gasteiger partial charge in [-0.1, -0.05) is 36.8 Å². The second-order valence-electron chi connectivity index (χ2n) is 6.88. The number of nitrogens with zero attached hydrogens (tertiary/aromatic N) is 1. The molecule has 4 rings (SSSR count). The zero-order valence-electron chi connectivity index (χ0n) is 14.3. The standard InChI is InChI=1S/C20H22N2OS/c1-4-14-6-8-15(9-7-14)22-19(24)21-17-12-20(22,3)23-18-10-5-13(2)11-16(17)18/h5-11,17H,4,12H2,1-3H3,(H,21,24)/t17-,20+/m0/s1. The van der Waals surface area contributed by atoms with Crippen molar-refractivity contribution in [2.24, 2.45) is 0 Å². The minimum absolute atomic E-state index is 0.206. The van der Waals surface area contributed by atoms with Gasteiger partial charge in [0.15, 0.2) is 10.8 Å². The first-order valence-corrected chi connectivity index (χ1v) is 8.90. The minimum atomic E-state index is -0.469. The van der Waals surface area contributed by atoms with Gasteiger partial charge in [0.05, 0.1) is 6.04 Å². The molecular weight excluding hydrogens is 316 g/mol. The lowest BCUT2D eigenvalue weighted by molar-refractivity contribution is 0.0497. The molecule has 2 aliphatic rings. The number of hydrogen-bond acceptors (Lipinski definition) is 2. The number of hydrogen-bond donors (Lipinski definition) is 1. The smallest absolute Gasteiger partial charge is 0.188 e. The van der Waals surface area contributed by atoms with Crippen molar-refractivity contribution in [2.45, 2.75) is 45.4 Å². The van der Waals surface area contributed by atoms with Crippen LogP contribution in [-0.2, 0) is 6.42 Å². The average Bonchev–Trinajstić information content (AvgIpc) is 2.55. The fourth-order valence-corrected chi connectivity index (χ4v) is 4.21. The largest absolute Gasteiger partial charge is 0.467 e. The molecule has 2 atom stereocenters. The average molecular weight is 338 g/mol. The lowest BCUT2D eigenvalue weighted by Crippen LogP contribution is -2.65. The van der Waals surface area contributed by atoms with Crippen LogP contribution in [0.3, 0.4) is 0 Å². The van der Waals surface area contributed by atoms with Gasteiger partial charge in [-0.25, -0.2) is 0 Å². The summed E-state index contributed by atoms with van der Waals surface area (Å²) in [5.41, 5.74) is 4.37. The molecule has 2 bridgehead atoms. The van der Waals surface area contributed by atoms with Crippen molar-refractivity contribution in [3.05, 3.63) is 59.2 Å². The number of ether oxygens (including phenoxy) is 1. The molecule has 2 aromatic rings. The Morgan fingerprint density at radius 3 is 2.71 bits per heavy atom. The topological polar surface area (TPSA) is 24.5 Å². The SMILES string of the molecule is CCc1ccc(N2C(=S)N[C@H]3C[C@@]2(C)Oc2ccc(C)cc23)cc1. The number of anilines is 1. The van der Waals surface area contributed by atoms with Crippen molar-refractivity contribution < 1.29 is 4.74 Å². The number of rotatable bonds is 2. The second-order valence-corrected chi connectivity index (χ2v) is 7.27. The van der Waals surface area contributed by atoms with Gasteiger partial charge in [-0.2, -0.15) is 0 Å². The van der Waals surface area contributed by atoms with E-state index in [9.17, 15) is 0 Å². The molecule has 2 aromatic carbocycles. The van der Waals surface area contributed by atoms with Gasteiger partial charge < -0.3 is 10.1 Å². The van der Waals surface area contributed by atoms with E-state index in [0.29, 0.717) is 0 Å². The lowest BCUT2D eigenvalue weighted by atomic mass is 9.89. The van der Waals surface area contributed by atoms with E-state index in [0.717, 1.165) is 29.4 Å². The zero-order valence-corrected chi connectivity index (χ0v) is 15.1. The number of benzene rings is 2. The van der Waals surface area contributed by atoms with Gasteiger partial charge in [-0.05, 0) is 56.2 Å². The summed E-state index contributed by atoms with van der Waals surface area (Å²) in [5, 5.41) is 4.24. The lowest BCUT2D eigenvalue weighted by Gasteiger charge is -2.52.